The number of nitro benzene ring substituents is 1. The molecule has 6 heteroatoms. The Hall–Kier alpha value is -1.27. The molecule has 0 aliphatic carbocycles. The molecule has 0 bridgehead atoms. The van der Waals surface area contributed by atoms with Gasteiger partial charge in [0.2, 0.25) is 0 Å². The summed E-state index contributed by atoms with van der Waals surface area (Å²) in [5.41, 5.74) is 3.78. The van der Waals surface area contributed by atoms with Crippen molar-refractivity contribution in [2.75, 3.05) is 11.2 Å². The number of hydrogen-bond donors (Lipinski definition) is 2. The molecule has 0 fully saturated rings. The number of nitrogen functional groups attached to an aromatic ring is 1. The van der Waals surface area contributed by atoms with Crippen LogP contribution in [0.3, 0.4) is 0 Å². The Morgan fingerprint density at radius 3 is 2.83 bits per heavy atom. The molecule has 100 valence electrons. The molecule has 0 saturated heterocycles. The number of nitrogens with zero attached hydrogens (tertiary/aromatic N) is 1. The molecule has 0 radical (unpaired) electrons. The average molecular weight is 269 g/mol. The van der Waals surface area contributed by atoms with Crippen molar-refractivity contribution in [3.8, 4) is 0 Å². The van der Waals surface area contributed by atoms with Crippen molar-refractivity contribution in [3.05, 3.63) is 33.9 Å². The molecule has 1 aromatic rings. The third kappa shape index (κ3) is 4.19. The van der Waals surface area contributed by atoms with E-state index in [-0.39, 0.29) is 5.69 Å². The normalized spacial score (nSPS) is 10.3. The monoisotopic (exact) mass is 269 g/mol. The van der Waals surface area contributed by atoms with Crippen LogP contribution in [0.25, 0.3) is 0 Å². The van der Waals surface area contributed by atoms with Gasteiger partial charge >= 0.3 is 0 Å². The van der Waals surface area contributed by atoms with Crippen molar-refractivity contribution in [1.29, 1.82) is 0 Å². The van der Waals surface area contributed by atoms with Gasteiger partial charge in [-0.3, -0.25) is 16.0 Å². The zero-order chi connectivity index (χ0) is 13.4. The zero-order valence-electron chi connectivity index (χ0n) is 10.5. The van der Waals surface area contributed by atoms with E-state index in [0.717, 1.165) is 17.1 Å². The zero-order valence-corrected chi connectivity index (χ0v) is 11.3. The number of nitrogens with one attached hydrogen (secondary N) is 1. The van der Waals surface area contributed by atoms with Crippen LogP contribution in [0.15, 0.2) is 18.2 Å². The molecule has 0 unspecified atom stereocenters. The van der Waals surface area contributed by atoms with Gasteiger partial charge in [-0.2, -0.15) is 11.8 Å². The molecule has 1 rings (SSSR count). The van der Waals surface area contributed by atoms with Gasteiger partial charge in [0.15, 0.2) is 0 Å². The summed E-state index contributed by atoms with van der Waals surface area (Å²) in [6.07, 6.45) is 3.61. The first-order valence-electron chi connectivity index (χ1n) is 6.01. The molecule has 0 amide bonds. The Kier molecular flexibility index (Phi) is 6.53. The lowest BCUT2D eigenvalue weighted by atomic mass is 10.2. The summed E-state index contributed by atoms with van der Waals surface area (Å²) in [5, 5.41) is 10.9. The number of hydrogen-bond acceptors (Lipinski definition) is 5. The summed E-state index contributed by atoms with van der Waals surface area (Å²) >= 11 is 1.78. The first-order valence-corrected chi connectivity index (χ1v) is 7.16. The number of para-hydroxylation sites is 1. The number of thioether (sulfide) groups is 1. The van der Waals surface area contributed by atoms with E-state index in [0.29, 0.717) is 5.69 Å². The summed E-state index contributed by atoms with van der Waals surface area (Å²) < 4.78 is 0. The lowest BCUT2D eigenvalue weighted by molar-refractivity contribution is -0.384. The van der Waals surface area contributed by atoms with Gasteiger partial charge in [0.1, 0.15) is 5.69 Å². The number of anilines is 1. The predicted octanol–water partition coefficient (Wildman–Crippen LogP) is 3.30. The standard InChI is InChI=1S/C12H19N3O2S/c1-2-3-4-8-18-9-10-6-5-7-11(15(16)17)12(10)14-13/h5-7,14H,2-4,8-9,13H2,1H3. The van der Waals surface area contributed by atoms with E-state index in [9.17, 15) is 10.1 Å². The van der Waals surface area contributed by atoms with Gasteiger partial charge in [-0.15, -0.1) is 0 Å². The van der Waals surface area contributed by atoms with Crippen LogP contribution in [0.5, 0.6) is 0 Å². The fraction of sp³-hybridized carbons (Fsp3) is 0.500. The molecule has 0 aromatic heterocycles. The van der Waals surface area contributed by atoms with Gasteiger partial charge < -0.3 is 5.43 Å². The highest BCUT2D eigenvalue weighted by atomic mass is 32.2. The molecule has 5 nitrogen and oxygen atoms in total. The van der Waals surface area contributed by atoms with E-state index in [2.05, 4.69) is 12.3 Å². The number of unbranched alkanes of at least 4 members (excludes halogenated alkanes) is 2. The second kappa shape index (κ2) is 7.94. The molecular formula is C12H19N3O2S. The van der Waals surface area contributed by atoms with Crippen LogP contribution in [0.1, 0.15) is 31.7 Å². The van der Waals surface area contributed by atoms with Crippen LogP contribution in [0.2, 0.25) is 0 Å². The topological polar surface area (TPSA) is 81.2 Å². The van der Waals surface area contributed by atoms with Crippen LogP contribution >= 0.6 is 11.8 Å². The second-order valence-electron chi connectivity index (χ2n) is 3.97. The third-order valence-electron chi connectivity index (χ3n) is 2.62. The van der Waals surface area contributed by atoms with E-state index >= 15 is 0 Å². The Labute approximate surface area is 111 Å². The van der Waals surface area contributed by atoms with Gasteiger partial charge in [-0.1, -0.05) is 31.9 Å². The number of nitrogens with two attached hydrogens (primary N) is 1. The molecule has 0 spiro atoms. The fourth-order valence-electron chi connectivity index (χ4n) is 1.66. The highest BCUT2D eigenvalue weighted by Crippen LogP contribution is 2.30. The van der Waals surface area contributed by atoms with Gasteiger partial charge in [0, 0.05) is 11.8 Å². The van der Waals surface area contributed by atoms with Gasteiger partial charge in [0.25, 0.3) is 5.69 Å². The Bertz CT molecular complexity index is 399. The quantitative estimate of drug-likeness (QED) is 0.327. The summed E-state index contributed by atoms with van der Waals surface area (Å²) in [5.74, 6) is 7.19. The van der Waals surface area contributed by atoms with Crippen molar-refractivity contribution in [3.63, 3.8) is 0 Å². The van der Waals surface area contributed by atoms with E-state index < -0.39 is 4.92 Å². The van der Waals surface area contributed by atoms with Crippen molar-refractivity contribution < 1.29 is 4.92 Å². The first kappa shape index (κ1) is 14.8. The highest BCUT2D eigenvalue weighted by molar-refractivity contribution is 7.98. The van der Waals surface area contributed by atoms with Crippen molar-refractivity contribution in [2.45, 2.75) is 31.9 Å². The van der Waals surface area contributed by atoms with Crippen molar-refractivity contribution in [1.82, 2.24) is 0 Å². The van der Waals surface area contributed by atoms with E-state index in [4.69, 9.17) is 5.84 Å². The van der Waals surface area contributed by atoms with Gasteiger partial charge in [-0.05, 0) is 17.7 Å². The number of nitro groups is 1. The molecule has 18 heavy (non-hydrogen) atoms. The summed E-state index contributed by atoms with van der Waals surface area (Å²) in [6.45, 7) is 2.17. The second-order valence-corrected chi connectivity index (χ2v) is 5.08. The molecule has 3 N–H and O–H groups in total. The third-order valence-corrected chi connectivity index (χ3v) is 3.71. The molecule has 1 aromatic carbocycles. The van der Waals surface area contributed by atoms with Crippen LogP contribution in [-0.4, -0.2) is 10.7 Å². The SMILES string of the molecule is CCCCCSCc1cccc([N+](=O)[O-])c1NN. The van der Waals surface area contributed by atoms with Crippen LogP contribution in [-0.2, 0) is 5.75 Å². The molecule has 0 aliphatic heterocycles. The van der Waals surface area contributed by atoms with Crippen molar-refractivity contribution >= 4 is 23.1 Å². The Morgan fingerprint density at radius 1 is 1.44 bits per heavy atom. The van der Waals surface area contributed by atoms with E-state index in [1.165, 1.54) is 25.3 Å². The lowest BCUT2D eigenvalue weighted by Gasteiger charge is -2.08. The minimum atomic E-state index is -0.416. The Balaban J connectivity index is 2.64. The predicted molar refractivity (Wildman–Crippen MR) is 76.6 cm³/mol. The summed E-state index contributed by atoms with van der Waals surface area (Å²) in [6, 6.07) is 5.02. The minimum absolute atomic E-state index is 0.0316. The van der Waals surface area contributed by atoms with E-state index in [1.807, 2.05) is 6.07 Å². The average Bonchev–Trinajstić information content (AvgIpc) is 2.38. The van der Waals surface area contributed by atoms with E-state index in [1.54, 1.807) is 17.8 Å². The maximum absolute atomic E-state index is 10.9. The Morgan fingerprint density at radius 2 is 2.22 bits per heavy atom. The number of hydrazine groups is 1. The molecule has 0 atom stereocenters. The summed E-state index contributed by atoms with van der Waals surface area (Å²) in [4.78, 5) is 10.4. The molecule has 0 heterocycles. The fourth-order valence-corrected chi connectivity index (χ4v) is 2.67. The number of rotatable bonds is 8. The maximum Gasteiger partial charge on any atom is 0.293 e. The van der Waals surface area contributed by atoms with Crippen LogP contribution in [0.4, 0.5) is 11.4 Å². The highest BCUT2D eigenvalue weighted by Gasteiger charge is 2.15. The smallest absolute Gasteiger partial charge is 0.293 e. The summed E-state index contributed by atoms with van der Waals surface area (Å²) in [7, 11) is 0. The molecule has 0 aliphatic rings. The molecular weight excluding hydrogens is 250 g/mol. The maximum atomic E-state index is 10.9. The largest absolute Gasteiger partial charge is 0.318 e. The van der Waals surface area contributed by atoms with Gasteiger partial charge in [0.05, 0.1) is 4.92 Å². The van der Waals surface area contributed by atoms with Crippen molar-refractivity contribution in [2.24, 2.45) is 5.84 Å². The number of benzene rings is 1. The lowest BCUT2D eigenvalue weighted by Crippen LogP contribution is -2.11. The molecule has 0 saturated carbocycles. The minimum Gasteiger partial charge on any atom is -0.318 e. The van der Waals surface area contributed by atoms with Crippen LogP contribution in [0, 0.1) is 10.1 Å². The van der Waals surface area contributed by atoms with Gasteiger partial charge in [-0.25, -0.2) is 0 Å². The first-order chi connectivity index (χ1) is 8.70. The van der Waals surface area contributed by atoms with Crippen LogP contribution < -0.4 is 11.3 Å².